The second kappa shape index (κ2) is 12.7. The van der Waals surface area contributed by atoms with Gasteiger partial charge in [0.1, 0.15) is 13.2 Å². The van der Waals surface area contributed by atoms with Crippen molar-refractivity contribution in [1.29, 1.82) is 0 Å². The Balaban J connectivity index is 1.51. The Hall–Kier alpha value is -5.37. The minimum Gasteiger partial charge on any atom is -0.461 e. The Kier molecular flexibility index (Phi) is 8.57. The van der Waals surface area contributed by atoms with Gasteiger partial charge in [0.25, 0.3) is 0 Å². The summed E-state index contributed by atoms with van der Waals surface area (Å²) in [7, 11) is 0. The first kappa shape index (κ1) is 29.1. The molecular formula is C35H32N2O6. The van der Waals surface area contributed by atoms with Crippen molar-refractivity contribution in [2.45, 2.75) is 26.9 Å². The van der Waals surface area contributed by atoms with Gasteiger partial charge in [-0.1, -0.05) is 61.7 Å². The van der Waals surface area contributed by atoms with Crippen LogP contribution in [0.15, 0.2) is 98.1 Å². The summed E-state index contributed by atoms with van der Waals surface area (Å²) in [6.45, 7) is 11.9. The topological polar surface area (TPSA) is 88.8 Å². The molecule has 0 aliphatic rings. The Labute approximate surface area is 249 Å². The summed E-state index contributed by atoms with van der Waals surface area (Å²) in [5.74, 6) is -1.01. The van der Waals surface area contributed by atoms with Gasteiger partial charge in [-0.2, -0.15) is 0 Å². The maximum atomic E-state index is 13.9. The Bertz CT molecular complexity index is 1880. The molecule has 8 nitrogen and oxygen atoms in total. The number of fused-ring (bicyclic) bond motifs is 2. The third-order valence-corrected chi connectivity index (χ3v) is 7.47. The predicted octanol–water partition coefficient (Wildman–Crippen LogP) is 6.56. The lowest BCUT2D eigenvalue weighted by atomic mass is 9.97. The van der Waals surface area contributed by atoms with Crippen molar-refractivity contribution in [3.63, 3.8) is 0 Å². The SMILES string of the molecule is C=CC(=O)OCCn1c(C)c(OC(=O)c2ccccc2-c2c(C)n(CCOC(=O)C=C)c3ccccc23)c2ccccc21. The lowest BCUT2D eigenvalue weighted by molar-refractivity contribution is -0.138. The molecule has 8 heteroatoms. The molecule has 3 aromatic carbocycles. The molecule has 0 saturated heterocycles. The number of para-hydroxylation sites is 2. The number of hydrogen-bond donors (Lipinski definition) is 0. The van der Waals surface area contributed by atoms with Gasteiger partial charge in [-0.25, -0.2) is 14.4 Å². The molecule has 0 fully saturated rings. The number of hydrogen-bond acceptors (Lipinski definition) is 6. The average Bonchev–Trinajstić information content (AvgIpc) is 3.46. The van der Waals surface area contributed by atoms with Gasteiger partial charge >= 0.3 is 17.9 Å². The molecule has 0 amide bonds. The van der Waals surface area contributed by atoms with Gasteiger partial charge in [-0.15, -0.1) is 0 Å². The lowest BCUT2D eigenvalue weighted by Crippen LogP contribution is -2.13. The highest BCUT2D eigenvalue weighted by Crippen LogP contribution is 2.38. The van der Waals surface area contributed by atoms with Crippen molar-refractivity contribution in [2.75, 3.05) is 13.2 Å². The summed E-state index contributed by atoms with van der Waals surface area (Å²) >= 11 is 0. The number of carbonyl (C=O) groups is 3. The average molecular weight is 577 g/mol. The van der Waals surface area contributed by atoms with Crippen molar-refractivity contribution in [2.24, 2.45) is 0 Å². The zero-order valence-electron chi connectivity index (χ0n) is 24.2. The lowest BCUT2D eigenvalue weighted by Gasteiger charge is -2.12. The zero-order chi connectivity index (χ0) is 30.5. The van der Waals surface area contributed by atoms with E-state index in [9.17, 15) is 14.4 Å². The maximum absolute atomic E-state index is 13.9. The van der Waals surface area contributed by atoms with Gasteiger partial charge in [-0.05, 0) is 43.7 Å². The van der Waals surface area contributed by atoms with Crippen LogP contribution in [0.4, 0.5) is 0 Å². The van der Waals surface area contributed by atoms with Gasteiger partial charge in [0, 0.05) is 39.7 Å². The number of nitrogens with zero attached hydrogens (tertiary/aromatic N) is 2. The van der Waals surface area contributed by atoms with Crippen LogP contribution in [-0.4, -0.2) is 40.3 Å². The van der Waals surface area contributed by atoms with Crippen molar-refractivity contribution in [1.82, 2.24) is 9.13 Å². The van der Waals surface area contributed by atoms with Crippen LogP contribution in [0.25, 0.3) is 32.9 Å². The fourth-order valence-corrected chi connectivity index (χ4v) is 5.49. The number of benzene rings is 3. The van der Waals surface area contributed by atoms with E-state index in [-0.39, 0.29) is 13.2 Å². The molecule has 2 heterocycles. The van der Waals surface area contributed by atoms with E-state index in [2.05, 4.69) is 17.7 Å². The van der Waals surface area contributed by atoms with Gasteiger partial charge in [0.2, 0.25) is 0 Å². The highest BCUT2D eigenvalue weighted by Gasteiger charge is 2.24. The van der Waals surface area contributed by atoms with Crippen LogP contribution in [0, 0.1) is 13.8 Å². The molecule has 5 aromatic rings. The van der Waals surface area contributed by atoms with Crippen molar-refractivity contribution in [3.8, 4) is 16.9 Å². The maximum Gasteiger partial charge on any atom is 0.344 e. The summed E-state index contributed by atoms with van der Waals surface area (Å²) in [4.78, 5) is 37.1. The fraction of sp³-hybridized carbons (Fsp3) is 0.171. The third kappa shape index (κ3) is 5.72. The van der Waals surface area contributed by atoms with E-state index < -0.39 is 17.9 Å². The third-order valence-electron chi connectivity index (χ3n) is 7.47. The van der Waals surface area contributed by atoms with Crippen LogP contribution in [0.2, 0.25) is 0 Å². The first-order valence-corrected chi connectivity index (χ1v) is 13.9. The molecule has 0 saturated carbocycles. The molecular weight excluding hydrogens is 544 g/mol. The van der Waals surface area contributed by atoms with Gasteiger partial charge in [-0.3, -0.25) is 0 Å². The molecule has 2 aromatic heterocycles. The summed E-state index contributed by atoms with van der Waals surface area (Å²) in [5, 5.41) is 1.75. The molecule has 0 aliphatic carbocycles. The summed E-state index contributed by atoms with van der Waals surface area (Å²) in [6, 6.07) is 23.0. The van der Waals surface area contributed by atoms with Gasteiger partial charge < -0.3 is 23.3 Å². The number of aromatic nitrogens is 2. The Morgan fingerprint density at radius 2 is 1.21 bits per heavy atom. The van der Waals surface area contributed by atoms with E-state index in [1.807, 2.05) is 85.1 Å². The minimum absolute atomic E-state index is 0.150. The molecule has 0 radical (unpaired) electrons. The molecule has 0 aliphatic heterocycles. The quantitative estimate of drug-likeness (QED) is 0.131. The second-order valence-corrected chi connectivity index (χ2v) is 9.89. The zero-order valence-corrected chi connectivity index (χ0v) is 24.2. The normalized spacial score (nSPS) is 10.9. The number of ether oxygens (including phenoxy) is 3. The molecule has 0 N–H and O–H groups in total. The molecule has 0 unspecified atom stereocenters. The molecule has 0 spiro atoms. The van der Waals surface area contributed by atoms with E-state index in [4.69, 9.17) is 14.2 Å². The van der Waals surface area contributed by atoms with Gasteiger partial charge in [0.15, 0.2) is 5.75 Å². The van der Waals surface area contributed by atoms with Crippen LogP contribution < -0.4 is 4.74 Å². The highest BCUT2D eigenvalue weighted by molar-refractivity contribution is 6.06. The first-order chi connectivity index (χ1) is 20.8. The molecule has 218 valence electrons. The molecule has 0 atom stereocenters. The van der Waals surface area contributed by atoms with Crippen molar-refractivity contribution in [3.05, 3.63) is 115 Å². The molecule has 5 rings (SSSR count). The standard InChI is InChI=1S/C35H32N2O6/c1-5-31(38)41-21-19-36-23(3)33(27-15-9-11-17-29(27)36)25-13-7-8-14-26(25)35(40)43-34-24(4)37(20-22-42-32(39)6-2)30-18-12-10-16-28(30)34/h5-18H,1-2,19-22H2,3-4H3. The van der Waals surface area contributed by atoms with Crippen LogP contribution in [0.3, 0.4) is 0 Å². The minimum atomic E-state index is -0.494. The smallest absolute Gasteiger partial charge is 0.344 e. The van der Waals surface area contributed by atoms with E-state index in [1.165, 1.54) is 0 Å². The molecule has 0 bridgehead atoms. The summed E-state index contributed by atoms with van der Waals surface area (Å²) in [6.07, 6.45) is 2.27. The Morgan fingerprint density at radius 3 is 1.84 bits per heavy atom. The van der Waals surface area contributed by atoms with Crippen molar-refractivity contribution < 1.29 is 28.6 Å². The van der Waals surface area contributed by atoms with Crippen molar-refractivity contribution >= 4 is 39.7 Å². The van der Waals surface area contributed by atoms with Crippen LogP contribution >= 0.6 is 0 Å². The van der Waals surface area contributed by atoms with E-state index in [0.717, 1.165) is 56.5 Å². The summed E-state index contributed by atoms with van der Waals surface area (Å²) in [5.41, 5.74) is 5.55. The fourth-order valence-electron chi connectivity index (χ4n) is 5.49. The van der Waals surface area contributed by atoms with E-state index in [0.29, 0.717) is 24.4 Å². The predicted molar refractivity (Wildman–Crippen MR) is 166 cm³/mol. The number of esters is 3. The molecule has 43 heavy (non-hydrogen) atoms. The monoisotopic (exact) mass is 576 g/mol. The Morgan fingerprint density at radius 1 is 0.698 bits per heavy atom. The number of rotatable bonds is 11. The largest absolute Gasteiger partial charge is 0.461 e. The highest BCUT2D eigenvalue weighted by atomic mass is 16.5. The second-order valence-electron chi connectivity index (χ2n) is 9.89. The summed E-state index contributed by atoms with van der Waals surface area (Å²) < 4.78 is 20.6. The van der Waals surface area contributed by atoms with Crippen LogP contribution in [0.1, 0.15) is 21.7 Å². The van der Waals surface area contributed by atoms with E-state index >= 15 is 0 Å². The number of carbonyl (C=O) groups excluding carboxylic acids is 3. The van der Waals surface area contributed by atoms with Gasteiger partial charge in [0.05, 0.1) is 29.9 Å². The van der Waals surface area contributed by atoms with Crippen LogP contribution in [-0.2, 0) is 32.2 Å². The van der Waals surface area contributed by atoms with Crippen LogP contribution in [0.5, 0.6) is 5.75 Å². The van der Waals surface area contributed by atoms with E-state index in [1.54, 1.807) is 6.07 Å². The first-order valence-electron chi connectivity index (χ1n) is 13.9.